The Hall–Kier alpha value is -1.98. The highest BCUT2D eigenvalue weighted by atomic mass is 35.5. The minimum absolute atomic E-state index is 0.0393. The van der Waals surface area contributed by atoms with Crippen LogP contribution in [0, 0.1) is 11.6 Å². The summed E-state index contributed by atoms with van der Waals surface area (Å²) in [4.78, 5) is 13.6. The van der Waals surface area contributed by atoms with E-state index >= 15 is 0 Å². The number of nitrogens with zero attached hydrogens (tertiary/aromatic N) is 1. The van der Waals surface area contributed by atoms with Crippen molar-refractivity contribution >= 4 is 23.2 Å². The first-order valence-corrected chi connectivity index (χ1v) is 7.00. The number of halogens is 3. The van der Waals surface area contributed by atoms with E-state index in [0.29, 0.717) is 11.6 Å². The number of hydrogen-bond donors (Lipinski definition) is 1. The molecule has 0 aliphatic heterocycles. The second-order valence-electron chi connectivity index (χ2n) is 4.97. The van der Waals surface area contributed by atoms with Gasteiger partial charge in [0.1, 0.15) is 11.6 Å². The first-order valence-electron chi connectivity index (χ1n) is 6.62. The molecule has 0 atom stereocenters. The van der Waals surface area contributed by atoms with Crippen LogP contribution < -0.4 is 5.32 Å². The zero-order chi connectivity index (χ0) is 16.1. The largest absolute Gasteiger partial charge is 0.322 e. The summed E-state index contributed by atoms with van der Waals surface area (Å²) in [7, 11) is 1.77. The monoisotopic (exact) mass is 324 g/mol. The normalized spacial score (nSPS) is 10.8. The minimum atomic E-state index is -0.800. The van der Waals surface area contributed by atoms with Crippen molar-refractivity contribution in [3.8, 4) is 0 Å². The zero-order valence-electron chi connectivity index (χ0n) is 11.9. The van der Waals surface area contributed by atoms with Crippen LogP contribution in [0.5, 0.6) is 0 Å². The van der Waals surface area contributed by atoms with Crippen molar-refractivity contribution < 1.29 is 13.6 Å². The predicted octanol–water partition coefficient (Wildman–Crippen LogP) is 3.69. The lowest BCUT2D eigenvalue weighted by Crippen LogP contribution is -2.30. The van der Waals surface area contributed by atoms with Crippen LogP contribution in [-0.2, 0) is 11.3 Å². The maximum atomic E-state index is 13.5. The van der Waals surface area contributed by atoms with Gasteiger partial charge in [-0.25, -0.2) is 8.78 Å². The van der Waals surface area contributed by atoms with Gasteiger partial charge in [0.15, 0.2) is 0 Å². The molecule has 0 unspecified atom stereocenters. The van der Waals surface area contributed by atoms with Gasteiger partial charge in [-0.05, 0) is 36.9 Å². The summed E-state index contributed by atoms with van der Waals surface area (Å²) in [5.41, 5.74) is 0.929. The van der Waals surface area contributed by atoms with Crippen molar-refractivity contribution in [1.29, 1.82) is 0 Å². The minimum Gasteiger partial charge on any atom is -0.322 e. The Balaban J connectivity index is 1.91. The van der Waals surface area contributed by atoms with Crippen LogP contribution in [-0.4, -0.2) is 24.4 Å². The molecule has 2 aromatic rings. The summed E-state index contributed by atoms with van der Waals surface area (Å²) in [6, 6.07) is 10.3. The van der Waals surface area contributed by atoms with E-state index < -0.39 is 11.6 Å². The third-order valence-corrected chi connectivity index (χ3v) is 3.20. The first kappa shape index (κ1) is 16.4. The summed E-state index contributed by atoms with van der Waals surface area (Å²) in [5, 5.41) is 3.05. The molecular weight excluding hydrogens is 310 g/mol. The Morgan fingerprint density at radius 3 is 2.68 bits per heavy atom. The van der Waals surface area contributed by atoms with E-state index in [1.807, 2.05) is 18.2 Å². The molecule has 2 rings (SSSR count). The maximum absolute atomic E-state index is 13.5. The van der Waals surface area contributed by atoms with Gasteiger partial charge in [0, 0.05) is 17.6 Å². The smallest absolute Gasteiger partial charge is 0.238 e. The molecule has 0 aromatic heterocycles. The molecule has 3 nitrogen and oxygen atoms in total. The van der Waals surface area contributed by atoms with Gasteiger partial charge >= 0.3 is 0 Å². The standard InChI is InChI=1S/C16H15ClF2N2O/c1-21(9-11-3-2-4-12(17)7-11)10-16(22)20-15-6-5-13(18)8-14(15)19/h2-8H,9-10H2,1H3,(H,20,22). The second-order valence-corrected chi connectivity index (χ2v) is 5.41. The number of nitrogens with one attached hydrogen (secondary N) is 1. The van der Waals surface area contributed by atoms with E-state index in [4.69, 9.17) is 11.6 Å². The molecule has 6 heteroatoms. The molecule has 116 valence electrons. The summed E-state index contributed by atoms with van der Waals surface area (Å²) < 4.78 is 26.3. The number of hydrogen-bond acceptors (Lipinski definition) is 2. The maximum Gasteiger partial charge on any atom is 0.238 e. The Kier molecular flexibility index (Phi) is 5.46. The fourth-order valence-corrected chi connectivity index (χ4v) is 2.24. The molecule has 0 fully saturated rings. The summed E-state index contributed by atoms with van der Waals surface area (Å²) >= 11 is 5.90. The van der Waals surface area contributed by atoms with Crippen LogP contribution in [0.1, 0.15) is 5.56 Å². The third kappa shape index (κ3) is 4.79. The molecule has 0 saturated carbocycles. The van der Waals surface area contributed by atoms with Crippen molar-refractivity contribution in [2.75, 3.05) is 18.9 Å². The van der Waals surface area contributed by atoms with Crippen LogP contribution >= 0.6 is 11.6 Å². The summed E-state index contributed by atoms with van der Waals surface area (Å²) in [5.74, 6) is -1.87. The second kappa shape index (κ2) is 7.33. The van der Waals surface area contributed by atoms with Crippen LogP contribution in [0.2, 0.25) is 5.02 Å². The van der Waals surface area contributed by atoms with Gasteiger partial charge < -0.3 is 5.32 Å². The lowest BCUT2D eigenvalue weighted by molar-refractivity contribution is -0.117. The van der Waals surface area contributed by atoms with E-state index in [1.54, 1.807) is 18.0 Å². The molecule has 1 N–H and O–H groups in total. The number of anilines is 1. The number of carbonyl (C=O) groups is 1. The van der Waals surface area contributed by atoms with Crippen molar-refractivity contribution in [3.05, 3.63) is 64.7 Å². The Morgan fingerprint density at radius 1 is 1.23 bits per heavy atom. The van der Waals surface area contributed by atoms with Crippen molar-refractivity contribution in [2.45, 2.75) is 6.54 Å². The van der Waals surface area contributed by atoms with Crippen LogP contribution in [0.4, 0.5) is 14.5 Å². The van der Waals surface area contributed by atoms with E-state index in [0.717, 1.165) is 17.7 Å². The van der Waals surface area contributed by atoms with E-state index in [-0.39, 0.29) is 18.1 Å². The molecular formula is C16H15ClF2N2O. The molecule has 1 amide bonds. The predicted molar refractivity (Wildman–Crippen MR) is 82.8 cm³/mol. The van der Waals surface area contributed by atoms with Crippen molar-refractivity contribution in [2.24, 2.45) is 0 Å². The highest BCUT2D eigenvalue weighted by Gasteiger charge is 2.11. The molecule has 0 saturated heterocycles. The van der Waals surface area contributed by atoms with Gasteiger partial charge in [0.2, 0.25) is 5.91 Å². The molecule has 0 bridgehead atoms. The molecule has 0 radical (unpaired) electrons. The molecule has 22 heavy (non-hydrogen) atoms. The molecule has 0 heterocycles. The Morgan fingerprint density at radius 2 is 2.00 bits per heavy atom. The van der Waals surface area contributed by atoms with Gasteiger partial charge in [-0.15, -0.1) is 0 Å². The average Bonchev–Trinajstić information content (AvgIpc) is 2.41. The van der Waals surface area contributed by atoms with Crippen molar-refractivity contribution in [1.82, 2.24) is 4.90 Å². The number of benzene rings is 2. The van der Waals surface area contributed by atoms with Gasteiger partial charge in [0.05, 0.1) is 12.2 Å². The number of carbonyl (C=O) groups excluding carboxylic acids is 1. The van der Waals surface area contributed by atoms with Gasteiger partial charge in [0.25, 0.3) is 0 Å². The Bertz CT molecular complexity index is 679. The van der Waals surface area contributed by atoms with E-state index in [2.05, 4.69) is 5.32 Å². The summed E-state index contributed by atoms with van der Waals surface area (Å²) in [6.07, 6.45) is 0. The van der Waals surface area contributed by atoms with E-state index in [1.165, 1.54) is 6.07 Å². The highest BCUT2D eigenvalue weighted by molar-refractivity contribution is 6.30. The van der Waals surface area contributed by atoms with Crippen LogP contribution in [0.3, 0.4) is 0 Å². The lowest BCUT2D eigenvalue weighted by atomic mass is 10.2. The lowest BCUT2D eigenvalue weighted by Gasteiger charge is -2.16. The summed E-state index contributed by atoms with van der Waals surface area (Å²) in [6.45, 7) is 0.600. The zero-order valence-corrected chi connectivity index (χ0v) is 12.7. The average molecular weight is 325 g/mol. The van der Waals surface area contributed by atoms with Gasteiger partial charge in [-0.3, -0.25) is 9.69 Å². The first-order chi connectivity index (χ1) is 10.4. The number of amides is 1. The van der Waals surface area contributed by atoms with Crippen LogP contribution in [0.25, 0.3) is 0 Å². The third-order valence-electron chi connectivity index (χ3n) is 2.96. The number of rotatable bonds is 5. The molecule has 2 aromatic carbocycles. The Labute approximate surface area is 132 Å². The quantitative estimate of drug-likeness (QED) is 0.909. The highest BCUT2D eigenvalue weighted by Crippen LogP contribution is 2.15. The van der Waals surface area contributed by atoms with Crippen molar-refractivity contribution in [3.63, 3.8) is 0 Å². The van der Waals surface area contributed by atoms with Crippen LogP contribution in [0.15, 0.2) is 42.5 Å². The fourth-order valence-electron chi connectivity index (χ4n) is 2.03. The SMILES string of the molecule is CN(CC(=O)Nc1ccc(F)cc1F)Cc1cccc(Cl)c1. The topological polar surface area (TPSA) is 32.3 Å². The fraction of sp³-hybridized carbons (Fsp3) is 0.188. The van der Waals surface area contributed by atoms with Gasteiger partial charge in [-0.2, -0.15) is 0 Å². The van der Waals surface area contributed by atoms with E-state index in [9.17, 15) is 13.6 Å². The molecule has 0 aliphatic rings. The van der Waals surface area contributed by atoms with Gasteiger partial charge in [-0.1, -0.05) is 23.7 Å². The number of likely N-dealkylation sites (N-methyl/N-ethyl adjacent to an activating group) is 1. The molecule has 0 spiro atoms. The molecule has 0 aliphatic carbocycles.